The zero-order valence-electron chi connectivity index (χ0n) is 14.8. The van der Waals surface area contributed by atoms with Gasteiger partial charge in [0, 0.05) is 30.1 Å². The van der Waals surface area contributed by atoms with Crippen molar-refractivity contribution in [1.29, 1.82) is 0 Å². The number of carbonyl (C=O) groups is 2. The van der Waals surface area contributed by atoms with Gasteiger partial charge in [0.05, 0.1) is 22.3 Å². The first kappa shape index (κ1) is 19.4. The van der Waals surface area contributed by atoms with Gasteiger partial charge in [-0.15, -0.1) is 0 Å². The van der Waals surface area contributed by atoms with E-state index in [1.54, 1.807) is 23.1 Å². The lowest BCUT2D eigenvalue weighted by atomic mass is 10.2. The van der Waals surface area contributed by atoms with Gasteiger partial charge in [-0.25, -0.2) is 9.78 Å². The molecular formula is C18H18Cl2N4O3S. The lowest BCUT2D eigenvalue weighted by Crippen LogP contribution is -2.38. The summed E-state index contributed by atoms with van der Waals surface area (Å²) >= 11 is 13.3. The molecule has 1 aromatic carbocycles. The Labute approximate surface area is 176 Å². The molecular weight excluding hydrogens is 423 g/mol. The predicted octanol–water partition coefficient (Wildman–Crippen LogP) is 4.16. The lowest BCUT2D eigenvalue weighted by molar-refractivity contribution is -0.124. The second kappa shape index (κ2) is 8.24. The molecule has 148 valence electrons. The fraction of sp³-hybridized carbons (Fsp3) is 0.389. The van der Waals surface area contributed by atoms with Crippen LogP contribution in [0.4, 0.5) is 15.6 Å². The molecule has 0 aliphatic carbocycles. The molecule has 3 heterocycles. The van der Waals surface area contributed by atoms with Gasteiger partial charge in [-0.3, -0.25) is 10.1 Å². The summed E-state index contributed by atoms with van der Waals surface area (Å²) < 4.78 is 5.40. The van der Waals surface area contributed by atoms with Gasteiger partial charge in [0.15, 0.2) is 5.13 Å². The van der Waals surface area contributed by atoms with E-state index >= 15 is 0 Å². The number of rotatable bonds is 3. The Kier molecular flexibility index (Phi) is 5.73. The van der Waals surface area contributed by atoms with Crippen molar-refractivity contribution in [2.24, 2.45) is 0 Å². The maximum absolute atomic E-state index is 12.6. The maximum atomic E-state index is 12.6. The Hall–Kier alpha value is -1.87. The van der Waals surface area contributed by atoms with Crippen molar-refractivity contribution in [2.75, 3.05) is 23.8 Å². The maximum Gasteiger partial charge on any atom is 0.322 e. The fourth-order valence-electron chi connectivity index (χ4n) is 3.17. The van der Waals surface area contributed by atoms with Crippen LogP contribution in [0.25, 0.3) is 0 Å². The number of nitrogens with one attached hydrogen (secondary N) is 2. The monoisotopic (exact) mass is 440 g/mol. The molecule has 1 fully saturated rings. The molecule has 0 spiro atoms. The Morgan fingerprint density at radius 2 is 2.11 bits per heavy atom. The molecule has 1 unspecified atom stereocenters. The molecule has 1 saturated heterocycles. The Morgan fingerprint density at radius 1 is 1.25 bits per heavy atom. The number of hydrogen-bond donors (Lipinski definition) is 2. The van der Waals surface area contributed by atoms with E-state index < -0.39 is 6.10 Å². The van der Waals surface area contributed by atoms with Gasteiger partial charge in [-0.05, 0) is 31.0 Å². The second-order valence-electron chi connectivity index (χ2n) is 6.61. The molecule has 1 atom stereocenters. The number of benzene rings is 1. The summed E-state index contributed by atoms with van der Waals surface area (Å²) in [5, 5.41) is 7.03. The number of carbonyl (C=O) groups excluding carboxylic acids is 2. The average Bonchev–Trinajstić information content (AvgIpc) is 3.33. The standard InChI is InChI=1S/C18H18Cl2N4O3S/c19-11-4-3-10(8-12(11)20)21-18(26)24-6-5-13-15(9-24)28-17(22-13)23-16(25)14-2-1-7-27-14/h3-4,8,14H,1-2,5-7,9H2,(H,21,26)(H,22,23,25). The fourth-order valence-corrected chi connectivity index (χ4v) is 4.49. The Balaban J connectivity index is 1.38. The van der Waals surface area contributed by atoms with Crippen LogP contribution in [0.3, 0.4) is 0 Å². The first-order valence-electron chi connectivity index (χ1n) is 8.91. The third kappa shape index (κ3) is 4.25. The van der Waals surface area contributed by atoms with E-state index in [1.807, 2.05) is 0 Å². The summed E-state index contributed by atoms with van der Waals surface area (Å²) in [7, 11) is 0. The molecule has 0 radical (unpaired) electrons. The van der Waals surface area contributed by atoms with Gasteiger partial charge in [0.2, 0.25) is 0 Å². The molecule has 4 rings (SSSR count). The van der Waals surface area contributed by atoms with E-state index in [0.717, 1.165) is 23.4 Å². The van der Waals surface area contributed by atoms with Crippen LogP contribution < -0.4 is 10.6 Å². The SMILES string of the molecule is O=C(Nc1nc2c(s1)CN(C(=O)Nc1ccc(Cl)c(Cl)c1)CC2)C1CCCO1. The third-order valence-corrected chi connectivity index (χ3v) is 6.38. The molecule has 0 bridgehead atoms. The minimum Gasteiger partial charge on any atom is -0.368 e. The highest BCUT2D eigenvalue weighted by Crippen LogP contribution is 2.30. The van der Waals surface area contributed by atoms with Crippen LogP contribution >= 0.6 is 34.5 Å². The summed E-state index contributed by atoms with van der Waals surface area (Å²) in [4.78, 5) is 31.9. The van der Waals surface area contributed by atoms with Gasteiger partial charge in [-0.1, -0.05) is 34.5 Å². The molecule has 28 heavy (non-hydrogen) atoms. The normalized spacial score (nSPS) is 18.6. The van der Waals surface area contributed by atoms with Crippen molar-refractivity contribution < 1.29 is 14.3 Å². The highest BCUT2D eigenvalue weighted by atomic mass is 35.5. The smallest absolute Gasteiger partial charge is 0.322 e. The predicted molar refractivity (Wildman–Crippen MR) is 109 cm³/mol. The van der Waals surface area contributed by atoms with Gasteiger partial charge in [-0.2, -0.15) is 0 Å². The number of amides is 3. The van der Waals surface area contributed by atoms with Crippen LogP contribution in [0.5, 0.6) is 0 Å². The van der Waals surface area contributed by atoms with Crippen molar-refractivity contribution in [2.45, 2.75) is 31.9 Å². The molecule has 1 aromatic heterocycles. The molecule has 2 aliphatic heterocycles. The quantitative estimate of drug-likeness (QED) is 0.750. The summed E-state index contributed by atoms with van der Waals surface area (Å²) in [5.74, 6) is -0.155. The largest absolute Gasteiger partial charge is 0.368 e. The summed E-state index contributed by atoms with van der Waals surface area (Å²) in [6.45, 7) is 1.61. The highest BCUT2D eigenvalue weighted by molar-refractivity contribution is 7.15. The van der Waals surface area contributed by atoms with Gasteiger partial charge in [0.25, 0.3) is 5.91 Å². The van der Waals surface area contributed by atoms with Crippen LogP contribution in [0.15, 0.2) is 18.2 Å². The van der Waals surface area contributed by atoms with Gasteiger partial charge in [0.1, 0.15) is 6.10 Å². The number of ether oxygens (including phenoxy) is 1. The number of hydrogen-bond acceptors (Lipinski definition) is 5. The minimum absolute atomic E-state index is 0.155. The summed E-state index contributed by atoms with van der Waals surface area (Å²) in [5.41, 5.74) is 1.50. The van der Waals surface area contributed by atoms with Crippen LogP contribution in [-0.2, 0) is 22.5 Å². The number of aromatic nitrogens is 1. The molecule has 2 aromatic rings. The third-order valence-electron chi connectivity index (χ3n) is 4.64. The molecule has 3 amide bonds. The number of halogens is 2. The highest BCUT2D eigenvalue weighted by Gasteiger charge is 2.27. The summed E-state index contributed by atoms with van der Waals surface area (Å²) in [6.07, 6.45) is 1.88. The first-order chi connectivity index (χ1) is 13.5. The summed E-state index contributed by atoms with van der Waals surface area (Å²) in [6, 6.07) is 4.73. The number of fused-ring (bicyclic) bond motifs is 1. The van der Waals surface area contributed by atoms with E-state index in [2.05, 4.69) is 15.6 Å². The second-order valence-corrected chi connectivity index (χ2v) is 8.51. The molecule has 10 heteroatoms. The first-order valence-corrected chi connectivity index (χ1v) is 10.5. The molecule has 0 saturated carbocycles. The van der Waals surface area contributed by atoms with E-state index in [0.29, 0.717) is 47.0 Å². The number of anilines is 2. The van der Waals surface area contributed by atoms with Crippen LogP contribution in [0, 0.1) is 0 Å². The van der Waals surface area contributed by atoms with Crippen LogP contribution in [0.1, 0.15) is 23.4 Å². The number of urea groups is 1. The van der Waals surface area contributed by atoms with Crippen molar-refractivity contribution >= 4 is 57.3 Å². The van der Waals surface area contributed by atoms with Crippen molar-refractivity contribution in [3.63, 3.8) is 0 Å². The zero-order chi connectivity index (χ0) is 19.7. The van der Waals surface area contributed by atoms with Crippen molar-refractivity contribution in [1.82, 2.24) is 9.88 Å². The van der Waals surface area contributed by atoms with E-state index in [-0.39, 0.29) is 11.9 Å². The molecule has 7 nitrogen and oxygen atoms in total. The van der Waals surface area contributed by atoms with Gasteiger partial charge >= 0.3 is 6.03 Å². The van der Waals surface area contributed by atoms with E-state index in [1.165, 1.54) is 11.3 Å². The topological polar surface area (TPSA) is 83.6 Å². The van der Waals surface area contributed by atoms with Crippen LogP contribution in [0.2, 0.25) is 10.0 Å². The zero-order valence-corrected chi connectivity index (χ0v) is 17.2. The van der Waals surface area contributed by atoms with Crippen molar-refractivity contribution in [3.05, 3.63) is 38.8 Å². The lowest BCUT2D eigenvalue weighted by Gasteiger charge is -2.26. The minimum atomic E-state index is -0.394. The Bertz CT molecular complexity index is 914. The Morgan fingerprint density at radius 3 is 2.86 bits per heavy atom. The molecule has 2 aliphatic rings. The van der Waals surface area contributed by atoms with Gasteiger partial charge < -0.3 is 15.0 Å². The van der Waals surface area contributed by atoms with E-state index in [9.17, 15) is 9.59 Å². The number of thiazole rings is 1. The number of nitrogens with zero attached hydrogens (tertiary/aromatic N) is 2. The average molecular weight is 441 g/mol. The van der Waals surface area contributed by atoms with Crippen molar-refractivity contribution in [3.8, 4) is 0 Å². The van der Waals surface area contributed by atoms with E-state index in [4.69, 9.17) is 27.9 Å². The molecule has 2 N–H and O–H groups in total. The van der Waals surface area contributed by atoms with Crippen LogP contribution in [-0.4, -0.2) is 41.1 Å².